The van der Waals surface area contributed by atoms with Gasteiger partial charge in [0.2, 0.25) is 10.0 Å². The number of rotatable bonds is 6. The first-order valence-electron chi connectivity index (χ1n) is 5.63. The fraction of sp³-hybridized carbons (Fsp3) is 0.417. The Hall–Kier alpha value is -1.56. The highest BCUT2D eigenvalue weighted by molar-refractivity contribution is 7.93. The van der Waals surface area contributed by atoms with E-state index in [4.69, 9.17) is 5.11 Å². The highest BCUT2D eigenvalue weighted by Crippen LogP contribution is 2.15. The van der Waals surface area contributed by atoms with Gasteiger partial charge >= 0.3 is 5.97 Å². The molecule has 1 aromatic rings. The van der Waals surface area contributed by atoms with E-state index in [0.29, 0.717) is 12.1 Å². The van der Waals surface area contributed by atoms with E-state index in [1.807, 2.05) is 0 Å². The number of sulfonamides is 1. The molecule has 0 aliphatic heterocycles. The molecule has 0 spiro atoms. The smallest absolute Gasteiger partial charge is 0.303 e. The van der Waals surface area contributed by atoms with Crippen molar-refractivity contribution < 1.29 is 18.3 Å². The Morgan fingerprint density at radius 2 is 2.06 bits per heavy atom. The lowest BCUT2D eigenvalue weighted by Crippen LogP contribution is -2.22. The van der Waals surface area contributed by atoms with Crippen LogP contribution in [0, 0.1) is 0 Å². The Balaban J connectivity index is 2.80. The van der Waals surface area contributed by atoms with Crippen LogP contribution in [0.25, 0.3) is 0 Å². The molecule has 0 saturated carbocycles. The molecule has 18 heavy (non-hydrogen) atoms. The normalized spacial score (nSPS) is 11.5. The molecule has 0 aromatic heterocycles. The number of hydrogen-bond donors (Lipinski definition) is 2. The first-order chi connectivity index (χ1) is 8.31. The van der Waals surface area contributed by atoms with E-state index in [1.165, 1.54) is 0 Å². The van der Waals surface area contributed by atoms with Gasteiger partial charge in [0.1, 0.15) is 0 Å². The Bertz CT molecular complexity index is 523. The van der Waals surface area contributed by atoms with Crippen molar-refractivity contribution in [3.8, 4) is 0 Å². The summed E-state index contributed by atoms with van der Waals surface area (Å²) in [7, 11) is -3.37. The van der Waals surface area contributed by atoms with Crippen LogP contribution in [0.2, 0.25) is 0 Å². The van der Waals surface area contributed by atoms with Crippen LogP contribution in [-0.2, 0) is 21.2 Å². The van der Waals surface area contributed by atoms with Crippen LogP contribution in [0.15, 0.2) is 24.3 Å². The molecule has 0 aliphatic rings. The average molecular weight is 271 g/mol. The van der Waals surface area contributed by atoms with E-state index in [-0.39, 0.29) is 6.42 Å². The van der Waals surface area contributed by atoms with Gasteiger partial charge in [-0.15, -0.1) is 0 Å². The molecule has 6 heteroatoms. The van der Waals surface area contributed by atoms with Crippen molar-refractivity contribution in [3.05, 3.63) is 29.8 Å². The highest BCUT2D eigenvalue weighted by atomic mass is 32.2. The van der Waals surface area contributed by atoms with Gasteiger partial charge in [-0.1, -0.05) is 12.1 Å². The van der Waals surface area contributed by atoms with Crippen molar-refractivity contribution in [3.63, 3.8) is 0 Å². The van der Waals surface area contributed by atoms with E-state index in [2.05, 4.69) is 4.72 Å². The largest absolute Gasteiger partial charge is 0.481 e. The molecule has 0 atom stereocenters. The third-order valence-electron chi connectivity index (χ3n) is 2.44. The Morgan fingerprint density at radius 1 is 1.39 bits per heavy atom. The fourth-order valence-corrected chi connectivity index (χ4v) is 2.01. The number of carboxylic acid groups (broad SMARTS) is 1. The molecule has 0 fully saturated rings. The van der Waals surface area contributed by atoms with Crippen LogP contribution in [0.5, 0.6) is 0 Å². The molecule has 0 bridgehead atoms. The lowest BCUT2D eigenvalue weighted by molar-refractivity contribution is -0.136. The number of carbonyl (C=O) groups is 1. The Kier molecular flexibility index (Phi) is 4.72. The van der Waals surface area contributed by atoms with Crippen LogP contribution >= 0.6 is 0 Å². The molecule has 0 aliphatic carbocycles. The first-order valence-corrected chi connectivity index (χ1v) is 7.18. The van der Waals surface area contributed by atoms with Crippen molar-refractivity contribution >= 4 is 21.7 Å². The second-order valence-corrected chi connectivity index (χ2v) is 6.53. The summed E-state index contributed by atoms with van der Waals surface area (Å²) in [6, 6.07) is 6.78. The Morgan fingerprint density at radius 3 is 2.61 bits per heavy atom. The molecule has 2 N–H and O–H groups in total. The standard InChI is InChI=1S/C12H17NO4S/c1-9(2)18(16,17)13-11-5-3-4-10(8-11)6-7-12(14)15/h3-5,8-9,13H,6-7H2,1-2H3,(H,14,15). The van der Waals surface area contributed by atoms with Crippen LogP contribution in [0.1, 0.15) is 25.8 Å². The summed E-state index contributed by atoms with van der Waals surface area (Å²) in [4.78, 5) is 10.5. The summed E-state index contributed by atoms with van der Waals surface area (Å²) in [6.07, 6.45) is 0.410. The third kappa shape index (κ3) is 4.37. The van der Waals surface area contributed by atoms with Crippen molar-refractivity contribution in [1.82, 2.24) is 0 Å². The zero-order valence-electron chi connectivity index (χ0n) is 10.4. The number of hydrogen-bond acceptors (Lipinski definition) is 3. The van der Waals surface area contributed by atoms with Crippen LogP contribution < -0.4 is 4.72 Å². The lowest BCUT2D eigenvalue weighted by Gasteiger charge is -2.11. The molecule has 0 unspecified atom stereocenters. The summed E-state index contributed by atoms with van der Waals surface area (Å²) in [5.74, 6) is -0.872. The van der Waals surface area contributed by atoms with Crippen LogP contribution in [0.3, 0.4) is 0 Å². The molecule has 0 heterocycles. The zero-order valence-corrected chi connectivity index (χ0v) is 11.2. The van der Waals surface area contributed by atoms with Crippen LogP contribution in [0.4, 0.5) is 5.69 Å². The average Bonchev–Trinajstić information content (AvgIpc) is 2.26. The minimum absolute atomic E-state index is 0.0282. The van der Waals surface area contributed by atoms with E-state index < -0.39 is 21.2 Å². The number of carboxylic acids is 1. The SMILES string of the molecule is CC(C)S(=O)(=O)Nc1cccc(CCC(=O)O)c1. The number of anilines is 1. The topological polar surface area (TPSA) is 83.5 Å². The van der Waals surface area contributed by atoms with E-state index >= 15 is 0 Å². The van der Waals surface area contributed by atoms with Crippen molar-refractivity contribution in [1.29, 1.82) is 0 Å². The van der Waals surface area contributed by atoms with Gasteiger partial charge in [-0.2, -0.15) is 0 Å². The maximum atomic E-state index is 11.7. The third-order valence-corrected chi connectivity index (χ3v) is 4.20. The monoisotopic (exact) mass is 271 g/mol. The second kappa shape index (κ2) is 5.86. The molecule has 1 rings (SSSR count). The van der Waals surface area contributed by atoms with E-state index in [0.717, 1.165) is 5.56 Å². The highest BCUT2D eigenvalue weighted by Gasteiger charge is 2.15. The summed E-state index contributed by atoms with van der Waals surface area (Å²) in [6.45, 7) is 3.19. The van der Waals surface area contributed by atoms with E-state index in [1.54, 1.807) is 38.1 Å². The van der Waals surface area contributed by atoms with Gasteiger partial charge in [0, 0.05) is 12.1 Å². The maximum Gasteiger partial charge on any atom is 0.303 e. The summed E-state index contributed by atoms with van der Waals surface area (Å²) < 4.78 is 25.8. The zero-order chi connectivity index (χ0) is 13.8. The number of aliphatic carboxylic acids is 1. The predicted octanol–water partition coefficient (Wildman–Crippen LogP) is 1.85. The minimum Gasteiger partial charge on any atom is -0.481 e. The van der Waals surface area contributed by atoms with Gasteiger partial charge in [-0.25, -0.2) is 8.42 Å². The number of aryl methyl sites for hydroxylation is 1. The van der Waals surface area contributed by atoms with Crippen molar-refractivity contribution in [2.75, 3.05) is 4.72 Å². The molecular formula is C12H17NO4S. The molecule has 0 amide bonds. The van der Waals surface area contributed by atoms with E-state index in [9.17, 15) is 13.2 Å². The predicted molar refractivity (Wildman–Crippen MR) is 70.1 cm³/mol. The molecule has 0 saturated heterocycles. The second-order valence-electron chi connectivity index (χ2n) is 4.29. The molecule has 0 radical (unpaired) electrons. The van der Waals surface area contributed by atoms with Gasteiger partial charge < -0.3 is 5.11 Å². The Labute approximate surface area is 107 Å². The molecule has 1 aromatic carbocycles. The van der Waals surface area contributed by atoms with Crippen molar-refractivity contribution in [2.24, 2.45) is 0 Å². The summed E-state index contributed by atoms with van der Waals surface area (Å²) >= 11 is 0. The molecule has 5 nitrogen and oxygen atoms in total. The lowest BCUT2D eigenvalue weighted by atomic mass is 10.1. The summed E-state index contributed by atoms with van der Waals surface area (Å²) in [5, 5.41) is 8.08. The molecule has 100 valence electrons. The first kappa shape index (κ1) is 14.5. The van der Waals surface area contributed by atoms with Crippen LogP contribution in [-0.4, -0.2) is 24.7 Å². The summed E-state index contributed by atoms with van der Waals surface area (Å²) in [5.41, 5.74) is 1.26. The number of nitrogens with one attached hydrogen (secondary N) is 1. The van der Waals surface area contributed by atoms with Gasteiger partial charge in [0.15, 0.2) is 0 Å². The van der Waals surface area contributed by atoms with Crippen molar-refractivity contribution in [2.45, 2.75) is 31.9 Å². The van der Waals surface area contributed by atoms with Gasteiger partial charge in [-0.05, 0) is 38.0 Å². The van der Waals surface area contributed by atoms with Gasteiger partial charge in [-0.3, -0.25) is 9.52 Å². The van der Waals surface area contributed by atoms with Gasteiger partial charge in [0.05, 0.1) is 5.25 Å². The maximum absolute atomic E-state index is 11.7. The number of benzene rings is 1. The quantitative estimate of drug-likeness (QED) is 0.827. The molecular weight excluding hydrogens is 254 g/mol. The minimum atomic E-state index is -3.37. The van der Waals surface area contributed by atoms with Gasteiger partial charge in [0.25, 0.3) is 0 Å². The fourth-order valence-electron chi connectivity index (χ4n) is 1.32.